The largest absolute Gasteiger partial charge is 0.457 e. The van der Waals surface area contributed by atoms with E-state index in [1.807, 2.05) is 6.07 Å². The molecule has 2 N–H and O–H groups in total. The van der Waals surface area contributed by atoms with Crippen molar-refractivity contribution < 1.29 is 33.4 Å². The maximum Gasteiger partial charge on any atom is 0.375 e. The number of nitrogens with one attached hydrogen (secondary N) is 2. The van der Waals surface area contributed by atoms with E-state index in [0.29, 0.717) is 17.2 Å². The van der Waals surface area contributed by atoms with Gasteiger partial charge < -0.3 is 25.0 Å². The number of nitrogens with zero attached hydrogens (tertiary/aromatic N) is 1. The normalized spacial score (nSPS) is 17.0. The number of ketones is 1. The third kappa shape index (κ3) is 8.34. The van der Waals surface area contributed by atoms with Crippen molar-refractivity contribution in [2.24, 2.45) is 11.8 Å². The zero-order chi connectivity index (χ0) is 26.8. The van der Waals surface area contributed by atoms with Gasteiger partial charge in [0.1, 0.15) is 24.7 Å². The summed E-state index contributed by atoms with van der Waals surface area (Å²) in [7, 11) is 1.39. The van der Waals surface area contributed by atoms with Gasteiger partial charge in [0.25, 0.3) is 5.78 Å². The summed E-state index contributed by atoms with van der Waals surface area (Å²) < 4.78 is 9.87. The summed E-state index contributed by atoms with van der Waals surface area (Å²) >= 11 is 1.43. The van der Waals surface area contributed by atoms with Crippen LogP contribution in [-0.2, 0) is 39.9 Å². The highest BCUT2D eigenvalue weighted by molar-refractivity contribution is 7.99. The second kappa shape index (κ2) is 14.0. The highest BCUT2D eigenvalue weighted by Gasteiger charge is 2.39. The van der Waals surface area contributed by atoms with Crippen LogP contribution >= 0.6 is 11.8 Å². The van der Waals surface area contributed by atoms with Crippen molar-refractivity contribution in [3.8, 4) is 0 Å². The first-order valence-corrected chi connectivity index (χ1v) is 13.0. The van der Waals surface area contributed by atoms with E-state index < -0.39 is 47.8 Å². The molecular formula is C25H35N3O7S. The molecule has 36 heavy (non-hydrogen) atoms. The van der Waals surface area contributed by atoms with Crippen LogP contribution in [0.1, 0.15) is 33.3 Å². The topological polar surface area (TPSA) is 131 Å². The SMILES string of the molecule is COCC(=O)N[C@H](C(=O)N1CSC[C@@H]1NC(=O)[C@@H](Cc1ccccc1)C(=O)C(=O)OC(C)C)C(C)C. The van der Waals surface area contributed by atoms with E-state index in [1.165, 1.54) is 23.8 Å². The Morgan fingerprint density at radius 2 is 1.75 bits per heavy atom. The number of hydrogen-bond donors (Lipinski definition) is 2. The second-order valence-corrected chi connectivity index (χ2v) is 10.1. The Kier molecular flexibility index (Phi) is 11.4. The molecule has 1 aliphatic rings. The molecule has 1 fully saturated rings. The molecule has 1 aliphatic heterocycles. The lowest BCUT2D eigenvalue weighted by Gasteiger charge is -2.31. The Bertz CT molecular complexity index is 939. The fourth-order valence-corrected chi connectivity index (χ4v) is 4.75. The van der Waals surface area contributed by atoms with Crippen LogP contribution < -0.4 is 10.6 Å². The minimum atomic E-state index is -1.32. The minimum absolute atomic E-state index is 0.00814. The van der Waals surface area contributed by atoms with Gasteiger partial charge in [-0.1, -0.05) is 44.2 Å². The van der Waals surface area contributed by atoms with Crippen molar-refractivity contribution >= 4 is 41.2 Å². The average Bonchev–Trinajstić information content (AvgIpc) is 3.28. The highest BCUT2D eigenvalue weighted by atomic mass is 32.2. The van der Waals surface area contributed by atoms with Crippen LogP contribution in [0, 0.1) is 11.8 Å². The van der Waals surface area contributed by atoms with Gasteiger partial charge in [0.15, 0.2) is 0 Å². The maximum absolute atomic E-state index is 13.3. The van der Waals surface area contributed by atoms with E-state index in [-0.39, 0.29) is 24.9 Å². The van der Waals surface area contributed by atoms with Gasteiger partial charge in [0.05, 0.1) is 12.0 Å². The van der Waals surface area contributed by atoms with Crippen molar-refractivity contribution in [1.29, 1.82) is 0 Å². The molecule has 3 atom stereocenters. The summed E-state index contributed by atoms with van der Waals surface area (Å²) in [6.45, 7) is 6.67. The fourth-order valence-electron chi connectivity index (χ4n) is 3.65. The predicted molar refractivity (Wildman–Crippen MR) is 135 cm³/mol. The Morgan fingerprint density at radius 1 is 1.08 bits per heavy atom. The minimum Gasteiger partial charge on any atom is -0.457 e. The van der Waals surface area contributed by atoms with Gasteiger partial charge in [0.2, 0.25) is 17.7 Å². The van der Waals surface area contributed by atoms with E-state index in [0.717, 1.165) is 0 Å². The Balaban J connectivity index is 2.20. The fraction of sp³-hybridized carbons (Fsp3) is 0.560. The van der Waals surface area contributed by atoms with Gasteiger partial charge in [-0.3, -0.25) is 19.2 Å². The summed E-state index contributed by atoms with van der Waals surface area (Å²) in [5.74, 6) is -4.28. The maximum atomic E-state index is 13.3. The molecule has 0 bridgehead atoms. The number of methoxy groups -OCH3 is 1. The van der Waals surface area contributed by atoms with Crippen LogP contribution in [0.25, 0.3) is 0 Å². The van der Waals surface area contributed by atoms with Crippen LogP contribution in [0.2, 0.25) is 0 Å². The first-order chi connectivity index (χ1) is 17.0. The van der Waals surface area contributed by atoms with E-state index in [4.69, 9.17) is 9.47 Å². The Morgan fingerprint density at radius 3 is 2.33 bits per heavy atom. The summed E-state index contributed by atoms with van der Waals surface area (Å²) in [6, 6.07) is 8.08. The molecule has 0 radical (unpaired) electrons. The van der Waals surface area contributed by atoms with Gasteiger partial charge in [-0.2, -0.15) is 0 Å². The second-order valence-electron chi connectivity index (χ2n) is 9.12. The van der Waals surface area contributed by atoms with Crippen molar-refractivity contribution in [3.05, 3.63) is 35.9 Å². The zero-order valence-electron chi connectivity index (χ0n) is 21.3. The van der Waals surface area contributed by atoms with Crippen molar-refractivity contribution in [2.45, 2.75) is 52.4 Å². The molecule has 3 amide bonds. The molecular weight excluding hydrogens is 486 g/mol. The summed E-state index contributed by atoms with van der Waals surface area (Å²) in [4.78, 5) is 65.4. The number of thioether (sulfide) groups is 1. The summed E-state index contributed by atoms with van der Waals surface area (Å²) in [5.41, 5.74) is 0.706. The number of hydrogen-bond acceptors (Lipinski definition) is 8. The lowest BCUT2D eigenvalue weighted by Crippen LogP contribution is -2.58. The van der Waals surface area contributed by atoms with Crippen LogP contribution in [0.5, 0.6) is 0 Å². The highest BCUT2D eigenvalue weighted by Crippen LogP contribution is 2.23. The number of Topliss-reactive ketones (excluding diaryl/α,β-unsaturated/α-hetero) is 1. The average molecular weight is 522 g/mol. The molecule has 0 aliphatic carbocycles. The van der Waals surface area contributed by atoms with Crippen molar-refractivity contribution in [1.82, 2.24) is 15.5 Å². The summed E-state index contributed by atoms with van der Waals surface area (Å²) in [6.07, 6.45) is -1.21. The number of esters is 1. The van der Waals surface area contributed by atoms with Crippen LogP contribution in [0.3, 0.4) is 0 Å². The number of carbonyl (C=O) groups excluding carboxylic acids is 5. The molecule has 11 heteroatoms. The molecule has 2 rings (SSSR count). The number of amides is 3. The number of rotatable bonds is 12. The van der Waals surface area contributed by atoms with Crippen LogP contribution in [0.15, 0.2) is 30.3 Å². The summed E-state index contributed by atoms with van der Waals surface area (Å²) in [5, 5.41) is 5.45. The Hall–Kier alpha value is -2.92. The predicted octanol–water partition coefficient (Wildman–Crippen LogP) is 1.13. The third-order valence-corrected chi connectivity index (χ3v) is 6.47. The molecule has 10 nitrogen and oxygen atoms in total. The van der Waals surface area contributed by atoms with Crippen LogP contribution in [0.4, 0.5) is 0 Å². The van der Waals surface area contributed by atoms with Gasteiger partial charge >= 0.3 is 5.97 Å². The van der Waals surface area contributed by atoms with Crippen molar-refractivity contribution in [2.75, 3.05) is 25.3 Å². The quantitative estimate of drug-likeness (QED) is 0.238. The molecule has 198 valence electrons. The monoisotopic (exact) mass is 521 g/mol. The lowest BCUT2D eigenvalue weighted by molar-refractivity contribution is -0.160. The van der Waals surface area contributed by atoms with E-state index in [1.54, 1.807) is 52.0 Å². The molecule has 0 saturated carbocycles. The van der Waals surface area contributed by atoms with Gasteiger partial charge in [-0.25, -0.2) is 4.79 Å². The zero-order valence-corrected chi connectivity index (χ0v) is 22.1. The van der Waals surface area contributed by atoms with E-state index in [2.05, 4.69) is 10.6 Å². The number of ether oxygens (including phenoxy) is 2. The molecule has 1 saturated heterocycles. The third-order valence-electron chi connectivity index (χ3n) is 5.46. The molecule has 0 spiro atoms. The lowest BCUT2D eigenvalue weighted by atomic mass is 9.94. The van der Waals surface area contributed by atoms with Crippen molar-refractivity contribution in [3.63, 3.8) is 0 Å². The van der Waals surface area contributed by atoms with Gasteiger partial charge in [-0.05, 0) is 31.7 Å². The Labute approximate surface area is 215 Å². The molecule has 1 aromatic carbocycles. The first kappa shape index (κ1) is 29.3. The smallest absolute Gasteiger partial charge is 0.375 e. The molecule has 1 aromatic rings. The van der Waals surface area contributed by atoms with E-state index >= 15 is 0 Å². The number of carbonyl (C=O) groups is 5. The van der Waals surface area contributed by atoms with Gasteiger partial charge in [0, 0.05) is 12.9 Å². The molecule has 1 heterocycles. The first-order valence-electron chi connectivity index (χ1n) is 11.8. The molecule has 0 aromatic heterocycles. The van der Waals surface area contributed by atoms with E-state index in [9.17, 15) is 24.0 Å². The van der Waals surface area contributed by atoms with Gasteiger partial charge in [-0.15, -0.1) is 11.8 Å². The van der Waals surface area contributed by atoms with Crippen LogP contribution in [-0.4, -0.2) is 78.0 Å². The molecule has 0 unspecified atom stereocenters. The standard InChI is InChI=1S/C25H35N3O7S/c1-15(2)21(27-20(29)12-34-5)24(32)28-14-36-13-19(28)26-23(31)18(11-17-9-7-6-8-10-17)22(30)25(33)35-16(3)4/h6-10,15-16,18-19,21H,11-14H2,1-5H3,(H,26,31)(H,27,29)/t18-,19+,21-/m0/s1. The number of benzene rings is 1.